The van der Waals surface area contributed by atoms with Gasteiger partial charge in [0.05, 0.1) is 0 Å². The third kappa shape index (κ3) is 3.46. The number of nitrogens with zero attached hydrogens (tertiary/aromatic N) is 5. The highest BCUT2D eigenvalue weighted by molar-refractivity contribution is 5.94. The van der Waals surface area contributed by atoms with Crippen LogP contribution < -0.4 is 10.2 Å². The zero-order valence-electron chi connectivity index (χ0n) is 18.0. The smallest absolute Gasteiger partial charge is 0.140 e. The van der Waals surface area contributed by atoms with Crippen LogP contribution in [0.25, 0.3) is 27.8 Å². The van der Waals surface area contributed by atoms with E-state index in [0.29, 0.717) is 0 Å². The lowest BCUT2D eigenvalue weighted by Gasteiger charge is -2.34. The van der Waals surface area contributed by atoms with E-state index in [2.05, 4.69) is 74.7 Å². The normalized spacial score (nSPS) is 15.0. The van der Waals surface area contributed by atoms with Crippen molar-refractivity contribution in [1.82, 2.24) is 24.3 Å². The Balaban J connectivity index is 1.26. The standard InChI is InChI=1S/C25H25N7/c1-30-11-13-31(14-12-30)20-4-2-3-19(15-20)28-23-7-6-21-22(16-27-25(21)29-23)18-5-8-24-26-9-10-32(24)17-18/h2-10,15-17H,11-14H2,1H3,(H2,27,28,29). The molecule has 7 nitrogen and oxygen atoms in total. The molecular weight excluding hydrogens is 398 g/mol. The summed E-state index contributed by atoms with van der Waals surface area (Å²) in [7, 11) is 2.18. The lowest BCUT2D eigenvalue weighted by atomic mass is 10.1. The van der Waals surface area contributed by atoms with Gasteiger partial charge >= 0.3 is 0 Å². The van der Waals surface area contributed by atoms with E-state index in [-0.39, 0.29) is 0 Å². The van der Waals surface area contributed by atoms with E-state index in [4.69, 9.17) is 4.98 Å². The fourth-order valence-corrected chi connectivity index (χ4v) is 4.39. The Labute approximate surface area is 186 Å². The molecule has 0 aliphatic carbocycles. The van der Waals surface area contributed by atoms with Gasteiger partial charge in [-0.3, -0.25) is 0 Å². The van der Waals surface area contributed by atoms with Crippen LogP contribution in [0.5, 0.6) is 0 Å². The average Bonchev–Trinajstić information content (AvgIpc) is 3.46. The molecule has 0 atom stereocenters. The third-order valence-corrected chi connectivity index (χ3v) is 6.23. The van der Waals surface area contributed by atoms with Gasteiger partial charge in [0, 0.05) is 78.9 Å². The van der Waals surface area contributed by atoms with Gasteiger partial charge in [-0.25, -0.2) is 9.97 Å². The summed E-state index contributed by atoms with van der Waals surface area (Å²) in [5.74, 6) is 0.825. The zero-order chi connectivity index (χ0) is 21.5. The van der Waals surface area contributed by atoms with E-state index in [1.54, 1.807) is 0 Å². The van der Waals surface area contributed by atoms with Crippen LogP contribution in [-0.4, -0.2) is 57.5 Å². The van der Waals surface area contributed by atoms with E-state index in [1.165, 1.54) is 5.69 Å². The average molecular weight is 424 g/mol. The Kier molecular flexibility index (Phi) is 4.54. The Morgan fingerprint density at radius 1 is 1.00 bits per heavy atom. The number of aromatic nitrogens is 4. The molecular formula is C25H25N7. The van der Waals surface area contributed by atoms with Crippen molar-refractivity contribution in [1.29, 1.82) is 0 Å². The number of hydrogen-bond donors (Lipinski definition) is 2. The molecule has 1 aromatic carbocycles. The molecule has 32 heavy (non-hydrogen) atoms. The van der Waals surface area contributed by atoms with Crippen molar-refractivity contribution in [3.05, 3.63) is 73.3 Å². The van der Waals surface area contributed by atoms with Crippen LogP contribution in [0.4, 0.5) is 17.2 Å². The molecule has 1 fully saturated rings. The largest absolute Gasteiger partial charge is 0.369 e. The SMILES string of the molecule is CN1CCN(c2cccc(Nc3ccc4c(-c5ccc6nccn6c5)c[nH]c4n3)c2)CC1. The molecule has 4 aromatic heterocycles. The maximum Gasteiger partial charge on any atom is 0.140 e. The van der Waals surface area contributed by atoms with Gasteiger partial charge < -0.3 is 24.5 Å². The molecule has 0 saturated carbocycles. The minimum atomic E-state index is 0.825. The predicted octanol–water partition coefficient (Wildman–Crippen LogP) is 4.37. The van der Waals surface area contributed by atoms with Crippen molar-refractivity contribution in [2.45, 2.75) is 0 Å². The van der Waals surface area contributed by atoms with E-state index >= 15 is 0 Å². The summed E-state index contributed by atoms with van der Waals surface area (Å²) in [5.41, 5.74) is 6.37. The second-order valence-electron chi connectivity index (χ2n) is 8.37. The number of imidazole rings is 1. The van der Waals surface area contributed by atoms with Gasteiger partial charge in [0.1, 0.15) is 17.1 Å². The van der Waals surface area contributed by atoms with Gasteiger partial charge in [-0.2, -0.15) is 0 Å². The number of rotatable bonds is 4. The molecule has 0 spiro atoms. The van der Waals surface area contributed by atoms with Gasteiger partial charge in [-0.15, -0.1) is 0 Å². The summed E-state index contributed by atoms with van der Waals surface area (Å²) in [6.07, 6.45) is 7.89. The molecule has 0 bridgehead atoms. The number of anilines is 3. The van der Waals surface area contributed by atoms with Crippen molar-refractivity contribution in [2.75, 3.05) is 43.4 Å². The highest BCUT2D eigenvalue weighted by Gasteiger charge is 2.15. The summed E-state index contributed by atoms with van der Waals surface area (Å²) in [6.45, 7) is 4.30. The molecule has 0 unspecified atom stereocenters. The third-order valence-electron chi connectivity index (χ3n) is 6.23. The van der Waals surface area contributed by atoms with Crippen molar-refractivity contribution < 1.29 is 0 Å². The number of hydrogen-bond acceptors (Lipinski definition) is 5. The van der Waals surface area contributed by atoms with E-state index < -0.39 is 0 Å². The first-order valence-corrected chi connectivity index (χ1v) is 10.9. The molecule has 1 aliphatic heterocycles. The Morgan fingerprint density at radius 3 is 2.81 bits per heavy atom. The van der Waals surface area contributed by atoms with Gasteiger partial charge in [-0.05, 0) is 49.5 Å². The fraction of sp³-hybridized carbons (Fsp3) is 0.200. The maximum absolute atomic E-state index is 4.82. The number of pyridine rings is 2. The van der Waals surface area contributed by atoms with Crippen LogP contribution in [-0.2, 0) is 0 Å². The van der Waals surface area contributed by atoms with E-state index in [0.717, 1.165) is 65.5 Å². The molecule has 160 valence electrons. The number of benzene rings is 1. The van der Waals surface area contributed by atoms with Gasteiger partial charge in [-0.1, -0.05) is 6.07 Å². The van der Waals surface area contributed by atoms with Crippen molar-refractivity contribution >= 4 is 33.9 Å². The zero-order valence-corrected chi connectivity index (χ0v) is 18.0. The van der Waals surface area contributed by atoms with Crippen LogP contribution in [0.1, 0.15) is 0 Å². The quantitative estimate of drug-likeness (QED) is 0.449. The molecule has 5 aromatic rings. The van der Waals surface area contributed by atoms with Gasteiger partial charge in [0.2, 0.25) is 0 Å². The molecule has 1 saturated heterocycles. The second kappa shape index (κ2) is 7.69. The Bertz CT molecular complexity index is 1390. The first-order valence-electron chi connectivity index (χ1n) is 10.9. The van der Waals surface area contributed by atoms with Crippen LogP contribution in [0.2, 0.25) is 0 Å². The highest BCUT2D eigenvalue weighted by atomic mass is 15.2. The molecule has 2 N–H and O–H groups in total. The molecule has 0 radical (unpaired) electrons. The Morgan fingerprint density at radius 2 is 1.91 bits per heavy atom. The minimum Gasteiger partial charge on any atom is -0.369 e. The van der Waals surface area contributed by atoms with Crippen molar-refractivity contribution in [2.24, 2.45) is 0 Å². The number of fused-ring (bicyclic) bond motifs is 2. The topological polar surface area (TPSA) is 64.5 Å². The van der Waals surface area contributed by atoms with E-state index in [1.807, 2.05) is 35.1 Å². The summed E-state index contributed by atoms with van der Waals surface area (Å²) in [5, 5.41) is 4.57. The highest BCUT2D eigenvalue weighted by Crippen LogP contribution is 2.30. The molecule has 7 heteroatoms. The van der Waals surface area contributed by atoms with Crippen LogP contribution >= 0.6 is 0 Å². The van der Waals surface area contributed by atoms with Gasteiger partial charge in [0.15, 0.2) is 0 Å². The molecule has 5 heterocycles. The number of nitrogens with one attached hydrogen (secondary N) is 2. The number of H-pyrrole nitrogens is 1. The number of piperazine rings is 1. The number of likely N-dealkylation sites (N-methyl/N-ethyl adjacent to an activating group) is 1. The second-order valence-corrected chi connectivity index (χ2v) is 8.37. The number of aromatic amines is 1. The monoisotopic (exact) mass is 423 g/mol. The van der Waals surface area contributed by atoms with Crippen molar-refractivity contribution in [3.8, 4) is 11.1 Å². The lowest BCUT2D eigenvalue weighted by Crippen LogP contribution is -2.44. The minimum absolute atomic E-state index is 0.825. The van der Waals surface area contributed by atoms with Crippen LogP contribution in [0.15, 0.2) is 73.3 Å². The maximum atomic E-state index is 4.82. The fourth-order valence-electron chi connectivity index (χ4n) is 4.39. The summed E-state index contributed by atoms with van der Waals surface area (Å²) >= 11 is 0. The summed E-state index contributed by atoms with van der Waals surface area (Å²) in [4.78, 5) is 17.3. The van der Waals surface area contributed by atoms with E-state index in [9.17, 15) is 0 Å². The van der Waals surface area contributed by atoms with Gasteiger partial charge in [0.25, 0.3) is 0 Å². The summed E-state index contributed by atoms with van der Waals surface area (Å²) < 4.78 is 2.03. The first kappa shape index (κ1) is 18.9. The predicted molar refractivity (Wildman–Crippen MR) is 130 cm³/mol. The lowest BCUT2D eigenvalue weighted by molar-refractivity contribution is 0.313. The molecule has 0 amide bonds. The Hall–Kier alpha value is -3.84. The van der Waals surface area contributed by atoms with Crippen molar-refractivity contribution in [3.63, 3.8) is 0 Å². The summed E-state index contributed by atoms with van der Waals surface area (Å²) in [6, 6.07) is 16.9. The molecule has 6 rings (SSSR count). The van der Waals surface area contributed by atoms with Crippen LogP contribution in [0.3, 0.4) is 0 Å². The van der Waals surface area contributed by atoms with Crippen LogP contribution in [0, 0.1) is 0 Å². The first-order chi connectivity index (χ1) is 15.7. The molecule has 1 aliphatic rings.